The number of aliphatic hydroxyl groups excluding tert-OH is 4. The van der Waals surface area contributed by atoms with Gasteiger partial charge in [0.1, 0.15) is 29.1 Å². The first-order valence-corrected chi connectivity index (χ1v) is 18.7. The van der Waals surface area contributed by atoms with Crippen LogP contribution in [-0.4, -0.2) is 89.1 Å². The van der Waals surface area contributed by atoms with Crippen molar-refractivity contribution in [1.82, 2.24) is 9.97 Å². The Labute approximate surface area is 346 Å². The number of hydrogen-bond donors (Lipinski definition) is 9. The number of methoxy groups -OCH3 is 2. The van der Waals surface area contributed by atoms with Gasteiger partial charge in [-0.25, -0.2) is 4.98 Å². The average molecular weight is 818 g/mol. The Morgan fingerprint density at radius 1 is 0.847 bits per heavy atom. The molecule has 17 nitrogen and oxygen atoms in total. The Morgan fingerprint density at radius 2 is 1.41 bits per heavy atom. The third-order valence-electron chi connectivity index (χ3n) is 8.18. The highest BCUT2D eigenvalue weighted by molar-refractivity contribution is 5.75. The van der Waals surface area contributed by atoms with Crippen LogP contribution in [0, 0.1) is 25.2 Å². The second-order valence-electron chi connectivity index (χ2n) is 13.6. The fourth-order valence-electron chi connectivity index (χ4n) is 5.00. The number of aliphatic imine (C=N–C) groups is 1. The van der Waals surface area contributed by atoms with Crippen LogP contribution in [-0.2, 0) is 0 Å². The first-order valence-electron chi connectivity index (χ1n) is 18.7. The number of nitrogens with two attached hydrogens (primary N) is 3. The molecule has 4 aromatic rings. The van der Waals surface area contributed by atoms with E-state index in [4.69, 9.17) is 51.5 Å². The van der Waals surface area contributed by atoms with Gasteiger partial charge < -0.3 is 67.2 Å². The van der Waals surface area contributed by atoms with Crippen molar-refractivity contribution < 1.29 is 39.4 Å². The van der Waals surface area contributed by atoms with E-state index in [0.717, 1.165) is 39.4 Å². The van der Waals surface area contributed by atoms with Gasteiger partial charge in [-0.3, -0.25) is 4.99 Å². The van der Waals surface area contributed by atoms with E-state index in [-0.39, 0.29) is 61.6 Å². The van der Waals surface area contributed by atoms with E-state index in [9.17, 15) is 10.4 Å². The largest absolute Gasteiger partial charge is 0.496 e. The van der Waals surface area contributed by atoms with Gasteiger partial charge in [0.15, 0.2) is 17.5 Å². The van der Waals surface area contributed by atoms with Gasteiger partial charge in [-0.05, 0) is 72.2 Å². The first kappa shape index (κ1) is 48.8. The molecule has 1 heterocycles. The highest BCUT2D eigenvalue weighted by Gasteiger charge is 2.17. The van der Waals surface area contributed by atoms with Crippen molar-refractivity contribution >= 4 is 23.4 Å². The second kappa shape index (κ2) is 25.1. The topological polar surface area (TPSA) is 282 Å². The van der Waals surface area contributed by atoms with Crippen LogP contribution in [0.25, 0.3) is 0 Å². The molecule has 0 aliphatic rings. The number of guanidine groups is 1. The van der Waals surface area contributed by atoms with Crippen LogP contribution in [0.4, 0.5) is 17.5 Å². The number of nitrogens with zero attached hydrogens (tertiary/aromatic N) is 4. The van der Waals surface area contributed by atoms with E-state index in [0.29, 0.717) is 17.2 Å². The molecule has 12 N–H and O–H groups in total. The zero-order chi connectivity index (χ0) is 44.1. The number of ether oxygens (including phenoxy) is 4. The third kappa shape index (κ3) is 16.6. The number of aliphatic hydroxyl groups is 4. The van der Waals surface area contributed by atoms with Crippen molar-refractivity contribution in [3.05, 3.63) is 95.0 Å². The van der Waals surface area contributed by atoms with Gasteiger partial charge in [-0.1, -0.05) is 45.9 Å². The van der Waals surface area contributed by atoms with Crippen LogP contribution in [0.5, 0.6) is 28.7 Å². The number of para-hydroxylation sites is 1. The molecule has 0 aliphatic carbocycles. The van der Waals surface area contributed by atoms with Crippen molar-refractivity contribution in [3.8, 4) is 34.8 Å². The summed E-state index contributed by atoms with van der Waals surface area (Å²) < 4.78 is 22.5. The molecule has 0 bridgehead atoms. The summed E-state index contributed by atoms with van der Waals surface area (Å²) in [5.41, 5.74) is 20.8. The van der Waals surface area contributed by atoms with E-state index in [1.165, 1.54) is 6.20 Å². The van der Waals surface area contributed by atoms with E-state index < -0.39 is 12.2 Å². The zero-order valence-electron chi connectivity index (χ0n) is 34.9. The van der Waals surface area contributed by atoms with E-state index in [1.54, 1.807) is 20.4 Å². The lowest BCUT2D eigenvalue weighted by molar-refractivity contribution is 0.102. The number of aromatic nitrogens is 2. The number of nitrogen functional groups attached to an aromatic ring is 1. The van der Waals surface area contributed by atoms with Crippen molar-refractivity contribution in [2.45, 2.75) is 65.6 Å². The van der Waals surface area contributed by atoms with Gasteiger partial charge in [-0.15, -0.1) is 0 Å². The molecule has 0 radical (unpaired) electrons. The molecule has 2 atom stereocenters. The van der Waals surface area contributed by atoms with Gasteiger partial charge >= 0.3 is 0 Å². The van der Waals surface area contributed by atoms with Crippen molar-refractivity contribution in [1.29, 1.82) is 5.26 Å². The maximum absolute atomic E-state index is 9.36. The van der Waals surface area contributed by atoms with Crippen molar-refractivity contribution in [2.24, 2.45) is 16.5 Å². The summed E-state index contributed by atoms with van der Waals surface area (Å²) in [6.45, 7) is 11.8. The summed E-state index contributed by atoms with van der Waals surface area (Å²) in [7, 11) is 3.24. The molecule has 2 unspecified atom stereocenters. The highest BCUT2D eigenvalue weighted by atomic mass is 16.5. The van der Waals surface area contributed by atoms with E-state index in [2.05, 4.69) is 59.4 Å². The van der Waals surface area contributed by atoms with Crippen LogP contribution >= 0.6 is 0 Å². The molecule has 3 aromatic carbocycles. The lowest BCUT2D eigenvalue weighted by atomic mass is 9.99. The summed E-state index contributed by atoms with van der Waals surface area (Å²) in [5.74, 6) is 4.08. The quantitative estimate of drug-likeness (QED) is 0.0303. The summed E-state index contributed by atoms with van der Waals surface area (Å²) in [6, 6.07) is 19.4. The number of aryl methyl sites for hydroxylation is 2. The number of rotatable bonds is 17. The fraction of sp³-hybridized carbons (Fsp3) is 0.381. The Balaban J connectivity index is 0.000000338. The van der Waals surface area contributed by atoms with Gasteiger partial charge in [0, 0.05) is 24.4 Å². The number of anilines is 3. The molecule has 0 spiro atoms. The standard InChI is InChI=1S/C20H22N2O2.C18H26N4O4.C4H11N3O2/c1-14(2)18-10-15(3)19(23-4)11-20(18)24-17(12-21)13-22-16-8-6-5-7-9-16;1-10(2)13-5-11(3)14(25-4)6-15(13)26-16-8-21-18(22-17(16)19)20-7-12(24)9-23;5-4(6)7-1-3(9)2-8/h5-11,13-14,22H,1-4H3;5-6,8,10,12,23-24H,7,9H2,1-4H3,(H3,19,20,21,22);3,8-9H,1-2H2,(H4,5,6,7)/b17-13+;;. The number of nitrogens with one attached hydrogen (secondary N) is 2. The molecule has 1 aromatic heterocycles. The smallest absolute Gasteiger partial charge is 0.224 e. The lowest BCUT2D eigenvalue weighted by Gasteiger charge is -2.17. The minimum Gasteiger partial charge on any atom is -0.496 e. The molecule has 0 amide bonds. The Morgan fingerprint density at radius 3 is 1.90 bits per heavy atom. The number of hydrogen-bond acceptors (Lipinski definition) is 15. The first-order chi connectivity index (χ1) is 28.1. The summed E-state index contributed by atoms with van der Waals surface area (Å²) in [4.78, 5) is 11.7. The fourth-order valence-corrected chi connectivity index (χ4v) is 5.00. The SMILES string of the molecule is COc1cc(O/C(C#N)=C/Nc2ccccc2)c(C(C)C)cc1C.COc1cc(Oc2cnc(NCC(O)CO)nc2N)c(C(C)C)cc1C.NC(N)=NCC(O)CO. The Hall–Kier alpha value is -6.32. The summed E-state index contributed by atoms with van der Waals surface area (Å²) >= 11 is 0. The van der Waals surface area contributed by atoms with Gasteiger partial charge in [0.2, 0.25) is 11.7 Å². The summed E-state index contributed by atoms with van der Waals surface area (Å²) in [5, 5.41) is 50.3. The second-order valence-corrected chi connectivity index (χ2v) is 13.6. The molecular formula is C42H59N9O8. The molecular weight excluding hydrogens is 759 g/mol. The van der Waals surface area contributed by atoms with E-state index >= 15 is 0 Å². The van der Waals surface area contributed by atoms with E-state index in [1.807, 2.05) is 68.4 Å². The van der Waals surface area contributed by atoms with Gasteiger partial charge in [-0.2, -0.15) is 10.2 Å². The average Bonchev–Trinajstić information content (AvgIpc) is 3.22. The molecule has 0 fully saturated rings. The maximum Gasteiger partial charge on any atom is 0.224 e. The summed E-state index contributed by atoms with van der Waals surface area (Å²) in [6.07, 6.45) is 1.27. The number of nitriles is 1. The highest BCUT2D eigenvalue weighted by Crippen LogP contribution is 2.37. The van der Waals surface area contributed by atoms with Crippen LogP contribution < -0.4 is 46.8 Å². The normalized spacial score (nSPS) is 11.8. The molecule has 0 saturated carbocycles. The molecule has 0 saturated heterocycles. The Bertz CT molecular complexity index is 2000. The maximum atomic E-state index is 9.36. The van der Waals surface area contributed by atoms with Crippen LogP contribution in [0.1, 0.15) is 61.8 Å². The van der Waals surface area contributed by atoms with Gasteiger partial charge in [0.05, 0.1) is 58.6 Å². The van der Waals surface area contributed by atoms with Gasteiger partial charge in [0.25, 0.3) is 0 Å². The van der Waals surface area contributed by atoms with Crippen molar-refractivity contribution in [3.63, 3.8) is 0 Å². The minimum absolute atomic E-state index is 0.0544. The van der Waals surface area contributed by atoms with Crippen molar-refractivity contribution in [2.75, 3.05) is 56.9 Å². The molecule has 320 valence electrons. The molecule has 4 rings (SSSR count). The number of benzene rings is 3. The predicted molar refractivity (Wildman–Crippen MR) is 230 cm³/mol. The minimum atomic E-state index is -0.899. The van der Waals surface area contributed by atoms with Crippen LogP contribution in [0.3, 0.4) is 0 Å². The lowest BCUT2D eigenvalue weighted by Crippen LogP contribution is -2.26. The predicted octanol–water partition coefficient (Wildman–Crippen LogP) is 4.65. The Kier molecular flexibility index (Phi) is 20.8. The van der Waals surface area contributed by atoms with Crippen LogP contribution in [0.2, 0.25) is 0 Å². The molecule has 17 heteroatoms. The molecule has 0 aliphatic heterocycles. The monoisotopic (exact) mass is 817 g/mol. The third-order valence-corrected chi connectivity index (χ3v) is 8.18. The van der Waals surface area contributed by atoms with Crippen LogP contribution in [0.15, 0.2) is 77.7 Å². The number of allylic oxidation sites excluding steroid dienone is 1. The zero-order valence-corrected chi connectivity index (χ0v) is 34.9. The molecule has 59 heavy (non-hydrogen) atoms.